The fourth-order valence-electron chi connectivity index (χ4n) is 3.74. The molecule has 1 amide bonds. The number of nitrogens with zero attached hydrogens (tertiary/aromatic N) is 2. The summed E-state index contributed by atoms with van der Waals surface area (Å²) in [5.74, 6) is 0.461. The number of carbonyl (C=O) groups excluding carboxylic acids is 2. The van der Waals surface area contributed by atoms with E-state index in [0.717, 1.165) is 31.5 Å². The number of hydrogen-bond donors (Lipinski definition) is 2. The fraction of sp³-hybridized carbons (Fsp3) is 0.200. The van der Waals surface area contributed by atoms with Crippen LogP contribution in [0.2, 0.25) is 5.02 Å². The number of rotatable bonds is 6. The van der Waals surface area contributed by atoms with E-state index < -0.39 is 0 Å². The zero-order valence-electron chi connectivity index (χ0n) is 17.5. The van der Waals surface area contributed by atoms with E-state index in [1.807, 2.05) is 12.1 Å². The van der Waals surface area contributed by atoms with Crippen molar-refractivity contribution in [2.24, 2.45) is 0 Å². The quantitative estimate of drug-likeness (QED) is 0.322. The lowest BCUT2D eigenvalue weighted by molar-refractivity contribution is 0.0992. The Morgan fingerprint density at radius 2 is 1.66 bits per heavy atom. The summed E-state index contributed by atoms with van der Waals surface area (Å²) < 4.78 is 0. The highest BCUT2D eigenvalue weighted by atomic mass is 35.5. The summed E-state index contributed by atoms with van der Waals surface area (Å²) in [6, 6.07) is 17.4. The van der Waals surface area contributed by atoms with Gasteiger partial charge in [-0.15, -0.1) is 0 Å². The molecule has 0 atom stereocenters. The van der Waals surface area contributed by atoms with Gasteiger partial charge in [0.2, 0.25) is 0 Å². The number of aromatic nitrogens is 1. The smallest absolute Gasteiger partial charge is 0.257 e. The van der Waals surface area contributed by atoms with Crippen LogP contribution in [0.1, 0.15) is 44.7 Å². The summed E-state index contributed by atoms with van der Waals surface area (Å²) >= 11 is 5.84. The molecule has 32 heavy (non-hydrogen) atoms. The van der Waals surface area contributed by atoms with Gasteiger partial charge in [-0.2, -0.15) is 0 Å². The maximum absolute atomic E-state index is 12.9. The first-order valence-corrected chi connectivity index (χ1v) is 10.9. The molecule has 1 aromatic heterocycles. The van der Waals surface area contributed by atoms with E-state index in [4.69, 9.17) is 17.0 Å². The van der Waals surface area contributed by atoms with Gasteiger partial charge in [0.15, 0.2) is 5.78 Å². The second-order valence-corrected chi connectivity index (χ2v) is 8.13. The average Bonchev–Trinajstić information content (AvgIpc) is 3.35. The molecular weight excluding hydrogens is 424 g/mol. The predicted molar refractivity (Wildman–Crippen MR) is 126 cm³/mol. The Labute approximate surface area is 191 Å². The highest BCUT2D eigenvalue weighted by Gasteiger charge is 2.18. The molecule has 4 rings (SSSR count). The van der Waals surface area contributed by atoms with Crippen LogP contribution in [0.5, 0.6) is 0 Å². The Hall–Kier alpha value is -3.51. The number of pyridine rings is 1. The molecule has 6 nitrogen and oxygen atoms in total. The van der Waals surface area contributed by atoms with Crippen LogP contribution in [-0.4, -0.2) is 40.5 Å². The fourth-order valence-corrected chi connectivity index (χ4v) is 3.85. The Bertz CT molecular complexity index is 1140. The van der Waals surface area contributed by atoms with Crippen LogP contribution in [0.15, 0.2) is 66.9 Å². The molecule has 0 radical (unpaired) electrons. The lowest BCUT2D eigenvalue weighted by atomic mass is 9.97. The van der Waals surface area contributed by atoms with Crippen LogP contribution < -0.4 is 5.32 Å². The molecule has 2 aromatic carbocycles. The summed E-state index contributed by atoms with van der Waals surface area (Å²) in [7, 11) is 0. The van der Waals surface area contributed by atoms with Gasteiger partial charge in [-0.3, -0.25) is 15.0 Å². The van der Waals surface area contributed by atoms with E-state index in [0.29, 0.717) is 33.4 Å². The molecule has 3 aromatic rings. The van der Waals surface area contributed by atoms with E-state index in [2.05, 4.69) is 15.2 Å². The highest BCUT2D eigenvalue weighted by Crippen LogP contribution is 2.18. The largest absolute Gasteiger partial charge is 0.357 e. The molecule has 0 saturated carbocycles. The number of amides is 1. The minimum Gasteiger partial charge on any atom is -0.357 e. The van der Waals surface area contributed by atoms with Crippen LogP contribution in [0.25, 0.3) is 0 Å². The Morgan fingerprint density at radius 1 is 0.969 bits per heavy atom. The molecule has 1 fully saturated rings. The molecule has 0 bridgehead atoms. The van der Waals surface area contributed by atoms with Gasteiger partial charge in [-0.25, -0.2) is 4.98 Å². The third-order valence-corrected chi connectivity index (χ3v) is 5.71. The Kier molecular flexibility index (Phi) is 6.61. The number of anilines is 1. The van der Waals surface area contributed by atoms with Crippen molar-refractivity contribution in [1.82, 2.24) is 9.88 Å². The summed E-state index contributed by atoms with van der Waals surface area (Å²) in [6.07, 6.45) is 3.78. The molecule has 0 spiro atoms. The first-order valence-electron chi connectivity index (χ1n) is 10.5. The lowest BCUT2D eigenvalue weighted by Gasteiger charge is -2.18. The van der Waals surface area contributed by atoms with Crippen molar-refractivity contribution in [3.05, 3.63) is 94.1 Å². The zero-order valence-corrected chi connectivity index (χ0v) is 18.2. The molecule has 2 heterocycles. The minimum atomic E-state index is -0.336. The number of ketones is 1. The van der Waals surface area contributed by atoms with E-state index in [1.165, 1.54) is 6.20 Å². The number of nitrogens with one attached hydrogen (secondary N) is 2. The molecule has 162 valence electrons. The first kappa shape index (κ1) is 21.7. The second-order valence-electron chi connectivity index (χ2n) is 7.69. The van der Waals surface area contributed by atoms with E-state index >= 15 is 0 Å². The maximum atomic E-state index is 12.9. The topological polar surface area (TPSA) is 86.1 Å². The summed E-state index contributed by atoms with van der Waals surface area (Å²) in [5, 5.41) is 11.6. The normalized spacial score (nSPS) is 13.1. The standard InChI is InChI=1S/C25H23ClN4O2/c26-20-11-12-23(28-16-20)29-25(32)21-6-2-1-5-19(21)15-22(31)17-7-9-18(10-8-17)24(27)30-13-3-4-14-30/h1-2,5-12,16,27H,3-4,13-15H2,(H,28,29,32). The van der Waals surface area contributed by atoms with Crippen LogP contribution in [0.4, 0.5) is 5.82 Å². The van der Waals surface area contributed by atoms with Crippen molar-refractivity contribution in [3.8, 4) is 0 Å². The summed E-state index contributed by atoms with van der Waals surface area (Å²) in [4.78, 5) is 31.8. The molecule has 1 saturated heterocycles. The van der Waals surface area contributed by atoms with Crippen molar-refractivity contribution in [1.29, 1.82) is 5.41 Å². The number of halogens is 1. The Morgan fingerprint density at radius 3 is 2.34 bits per heavy atom. The number of carbonyl (C=O) groups is 2. The van der Waals surface area contributed by atoms with Gasteiger partial charge in [-0.1, -0.05) is 54.1 Å². The minimum absolute atomic E-state index is 0.0888. The number of hydrogen-bond acceptors (Lipinski definition) is 4. The SMILES string of the molecule is N=C(c1ccc(C(=O)Cc2ccccc2C(=O)Nc2ccc(Cl)cn2)cc1)N1CCCC1. The van der Waals surface area contributed by atoms with Gasteiger partial charge in [-0.05, 0) is 36.6 Å². The lowest BCUT2D eigenvalue weighted by Crippen LogP contribution is -2.27. The third kappa shape index (κ3) is 5.03. The van der Waals surface area contributed by atoms with Crippen molar-refractivity contribution in [2.75, 3.05) is 18.4 Å². The number of benzene rings is 2. The molecule has 2 N–H and O–H groups in total. The first-order chi connectivity index (χ1) is 15.5. The molecule has 7 heteroatoms. The van der Waals surface area contributed by atoms with Crippen molar-refractivity contribution in [2.45, 2.75) is 19.3 Å². The Balaban J connectivity index is 1.46. The summed E-state index contributed by atoms with van der Waals surface area (Å²) in [5.41, 5.74) is 2.42. The van der Waals surface area contributed by atoms with E-state index in [-0.39, 0.29) is 18.1 Å². The van der Waals surface area contributed by atoms with Crippen LogP contribution in [0.3, 0.4) is 0 Å². The third-order valence-electron chi connectivity index (χ3n) is 5.48. The summed E-state index contributed by atoms with van der Waals surface area (Å²) in [6.45, 7) is 1.81. The molecule has 1 aliphatic heterocycles. The van der Waals surface area contributed by atoms with Crippen molar-refractivity contribution < 1.29 is 9.59 Å². The maximum Gasteiger partial charge on any atom is 0.257 e. The predicted octanol–water partition coefficient (Wildman–Crippen LogP) is 4.83. The number of Topliss-reactive ketones (excluding diaryl/α,β-unsaturated/α-hetero) is 1. The van der Waals surface area contributed by atoms with Crippen molar-refractivity contribution in [3.63, 3.8) is 0 Å². The van der Waals surface area contributed by atoms with Gasteiger partial charge in [0.05, 0.1) is 5.02 Å². The van der Waals surface area contributed by atoms with Crippen LogP contribution in [-0.2, 0) is 6.42 Å². The van der Waals surface area contributed by atoms with Crippen LogP contribution >= 0.6 is 11.6 Å². The highest BCUT2D eigenvalue weighted by molar-refractivity contribution is 6.30. The van der Waals surface area contributed by atoms with E-state index in [1.54, 1.807) is 48.5 Å². The van der Waals surface area contributed by atoms with Gasteiger partial charge < -0.3 is 10.2 Å². The monoisotopic (exact) mass is 446 g/mol. The number of likely N-dealkylation sites (tertiary alicyclic amines) is 1. The van der Waals surface area contributed by atoms with Crippen LogP contribution in [0, 0.1) is 5.41 Å². The molecule has 1 aliphatic rings. The molecular formula is C25H23ClN4O2. The zero-order chi connectivity index (χ0) is 22.5. The average molecular weight is 447 g/mol. The van der Waals surface area contributed by atoms with E-state index in [9.17, 15) is 9.59 Å². The van der Waals surface area contributed by atoms with Gasteiger partial charge in [0, 0.05) is 42.4 Å². The van der Waals surface area contributed by atoms with Gasteiger partial charge >= 0.3 is 0 Å². The van der Waals surface area contributed by atoms with Gasteiger partial charge in [0.1, 0.15) is 11.7 Å². The second kappa shape index (κ2) is 9.75. The number of amidine groups is 1. The van der Waals surface area contributed by atoms with Gasteiger partial charge in [0.25, 0.3) is 5.91 Å². The molecule has 0 aliphatic carbocycles. The molecule has 0 unspecified atom stereocenters. The van der Waals surface area contributed by atoms with Crippen molar-refractivity contribution >= 4 is 34.9 Å².